The van der Waals surface area contributed by atoms with Gasteiger partial charge in [0.15, 0.2) is 11.4 Å². The predicted molar refractivity (Wildman–Crippen MR) is 115 cm³/mol. The van der Waals surface area contributed by atoms with E-state index in [1.165, 1.54) is 29.2 Å². The van der Waals surface area contributed by atoms with Crippen LogP contribution < -0.4 is 9.64 Å². The van der Waals surface area contributed by atoms with Crippen molar-refractivity contribution in [1.29, 1.82) is 0 Å². The van der Waals surface area contributed by atoms with Crippen LogP contribution in [0.3, 0.4) is 0 Å². The molecular formula is C25H22FNO4. The van der Waals surface area contributed by atoms with E-state index in [1.54, 1.807) is 24.3 Å². The normalized spacial score (nSPS) is 17.5. The van der Waals surface area contributed by atoms with Crippen molar-refractivity contribution >= 4 is 17.4 Å². The fourth-order valence-corrected chi connectivity index (χ4v) is 3.83. The number of carbonyl (C=O) groups is 2. The summed E-state index contributed by atoms with van der Waals surface area (Å²) in [4.78, 5) is 27.4. The molecule has 0 aromatic heterocycles. The van der Waals surface area contributed by atoms with Gasteiger partial charge in [-0.15, -0.1) is 0 Å². The molecule has 0 spiro atoms. The SMILES string of the molecule is Cc1ccccc1OCCN1C(=O)[C@](O)(CC(=O)c2ccc(F)cc2)c2ccccc21. The van der Waals surface area contributed by atoms with Gasteiger partial charge in [0.2, 0.25) is 0 Å². The summed E-state index contributed by atoms with van der Waals surface area (Å²) < 4.78 is 19.0. The maximum Gasteiger partial charge on any atom is 0.264 e. The Morgan fingerprint density at radius 1 is 1.03 bits per heavy atom. The third-order valence-corrected chi connectivity index (χ3v) is 5.49. The Balaban J connectivity index is 1.54. The van der Waals surface area contributed by atoms with Gasteiger partial charge < -0.3 is 14.7 Å². The van der Waals surface area contributed by atoms with E-state index < -0.39 is 29.5 Å². The number of anilines is 1. The Bertz CT molecular complexity index is 1130. The zero-order chi connectivity index (χ0) is 22.0. The van der Waals surface area contributed by atoms with E-state index in [0.717, 1.165) is 11.3 Å². The van der Waals surface area contributed by atoms with Gasteiger partial charge in [-0.2, -0.15) is 0 Å². The van der Waals surface area contributed by atoms with Crippen molar-refractivity contribution in [3.05, 3.63) is 95.3 Å². The van der Waals surface area contributed by atoms with Crippen molar-refractivity contribution in [1.82, 2.24) is 0 Å². The Labute approximate surface area is 179 Å². The summed E-state index contributed by atoms with van der Waals surface area (Å²) in [6, 6.07) is 19.5. The van der Waals surface area contributed by atoms with Crippen molar-refractivity contribution < 1.29 is 23.8 Å². The van der Waals surface area contributed by atoms with E-state index in [1.807, 2.05) is 31.2 Å². The molecule has 0 radical (unpaired) electrons. The molecule has 0 unspecified atom stereocenters. The highest BCUT2D eigenvalue weighted by molar-refractivity contribution is 6.10. The molecule has 0 saturated carbocycles. The number of ether oxygens (including phenoxy) is 1. The number of Topliss-reactive ketones (excluding diaryl/α,β-unsaturated/α-hetero) is 1. The lowest BCUT2D eigenvalue weighted by molar-refractivity contribution is -0.135. The number of benzene rings is 3. The Kier molecular flexibility index (Phi) is 5.57. The van der Waals surface area contributed by atoms with Crippen molar-refractivity contribution in [3.8, 4) is 5.75 Å². The number of para-hydroxylation sites is 2. The molecule has 3 aromatic carbocycles. The summed E-state index contributed by atoms with van der Waals surface area (Å²) in [7, 11) is 0. The largest absolute Gasteiger partial charge is 0.491 e. The molecule has 3 aromatic rings. The maximum absolute atomic E-state index is 13.2. The minimum absolute atomic E-state index is 0.219. The highest BCUT2D eigenvalue weighted by Gasteiger charge is 2.50. The Morgan fingerprint density at radius 2 is 1.71 bits per heavy atom. The van der Waals surface area contributed by atoms with Crippen molar-refractivity contribution in [2.45, 2.75) is 18.9 Å². The van der Waals surface area contributed by atoms with Gasteiger partial charge >= 0.3 is 0 Å². The first-order valence-electron chi connectivity index (χ1n) is 10.0. The van der Waals surface area contributed by atoms with Crippen LogP contribution in [-0.4, -0.2) is 29.9 Å². The van der Waals surface area contributed by atoms with Crippen LogP contribution in [0.4, 0.5) is 10.1 Å². The summed E-state index contributed by atoms with van der Waals surface area (Å²) in [5.74, 6) is -0.747. The lowest BCUT2D eigenvalue weighted by Gasteiger charge is -2.23. The van der Waals surface area contributed by atoms with Crippen LogP contribution >= 0.6 is 0 Å². The monoisotopic (exact) mass is 419 g/mol. The Hall–Kier alpha value is -3.51. The first-order valence-corrected chi connectivity index (χ1v) is 10.0. The number of aryl methyl sites for hydroxylation is 1. The lowest BCUT2D eigenvalue weighted by atomic mass is 9.88. The highest BCUT2D eigenvalue weighted by atomic mass is 19.1. The minimum atomic E-state index is -1.98. The number of hydrogen-bond donors (Lipinski definition) is 1. The molecule has 1 N–H and O–H groups in total. The zero-order valence-corrected chi connectivity index (χ0v) is 17.0. The second-order valence-electron chi connectivity index (χ2n) is 7.56. The van der Waals surface area contributed by atoms with Gasteiger partial charge in [-0.1, -0.05) is 36.4 Å². The maximum atomic E-state index is 13.2. The van der Waals surface area contributed by atoms with Crippen LogP contribution in [-0.2, 0) is 10.4 Å². The molecule has 0 saturated heterocycles. The number of nitrogens with zero attached hydrogens (tertiary/aromatic N) is 1. The topological polar surface area (TPSA) is 66.8 Å². The van der Waals surface area contributed by atoms with Gasteiger partial charge in [0.25, 0.3) is 5.91 Å². The van der Waals surface area contributed by atoms with Crippen LogP contribution in [0.2, 0.25) is 0 Å². The van der Waals surface area contributed by atoms with E-state index in [4.69, 9.17) is 4.74 Å². The quantitative estimate of drug-likeness (QED) is 0.588. The number of aliphatic hydroxyl groups is 1. The molecule has 1 aliphatic rings. The van der Waals surface area contributed by atoms with Gasteiger partial charge in [-0.3, -0.25) is 9.59 Å². The summed E-state index contributed by atoms with van der Waals surface area (Å²) in [6.07, 6.45) is -0.427. The number of rotatable bonds is 7. The molecule has 6 heteroatoms. The average Bonchev–Trinajstić information content (AvgIpc) is 2.97. The van der Waals surface area contributed by atoms with Crippen LogP contribution in [0.25, 0.3) is 0 Å². The lowest BCUT2D eigenvalue weighted by Crippen LogP contribution is -2.43. The molecule has 0 fully saturated rings. The fraction of sp³-hybridized carbons (Fsp3) is 0.200. The third kappa shape index (κ3) is 3.94. The van der Waals surface area contributed by atoms with Gasteiger partial charge in [0.1, 0.15) is 18.2 Å². The smallest absolute Gasteiger partial charge is 0.264 e. The third-order valence-electron chi connectivity index (χ3n) is 5.49. The van der Waals surface area contributed by atoms with E-state index in [-0.39, 0.29) is 18.7 Å². The summed E-state index contributed by atoms with van der Waals surface area (Å²) in [5, 5.41) is 11.3. The molecular weight excluding hydrogens is 397 g/mol. The molecule has 1 aliphatic heterocycles. The minimum Gasteiger partial charge on any atom is -0.491 e. The fourth-order valence-electron chi connectivity index (χ4n) is 3.83. The number of amides is 1. The van der Waals surface area contributed by atoms with Crippen LogP contribution in [0.15, 0.2) is 72.8 Å². The van der Waals surface area contributed by atoms with Gasteiger partial charge in [-0.05, 0) is 48.9 Å². The zero-order valence-electron chi connectivity index (χ0n) is 17.0. The van der Waals surface area contributed by atoms with Crippen molar-refractivity contribution in [2.75, 3.05) is 18.1 Å². The van der Waals surface area contributed by atoms with Gasteiger partial charge in [0.05, 0.1) is 18.7 Å². The van der Waals surface area contributed by atoms with E-state index in [2.05, 4.69) is 0 Å². The molecule has 0 aliphatic carbocycles. The first-order chi connectivity index (χ1) is 14.9. The molecule has 1 amide bonds. The predicted octanol–water partition coefficient (Wildman–Crippen LogP) is 4.02. The van der Waals surface area contributed by atoms with E-state index in [0.29, 0.717) is 11.3 Å². The molecule has 1 atom stereocenters. The molecule has 31 heavy (non-hydrogen) atoms. The molecule has 1 heterocycles. The second-order valence-corrected chi connectivity index (χ2v) is 7.56. The van der Waals surface area contributed by atoms with Crippen LogP contribution in [0.5, 0.6) is 5.75 Å². The average molecular weight is 419 g/mol. The van der Waals surface area contributed by atoms with E-state index >= 15 is 0 Å². The second kappa shape index (κ2) is 8.32. The molecule has 5 nitrogen and oxygen atoms in total. The van der Waals surface area contributed by atoms with Crippen molar-refractivity contribution in [2.24, 2.45) is 0 Å². The molecule has 0 bridgehead atoms. The highest BCUT2D eigenvalue weighted by Crippen LogP contribution is 2.42. The first kappa shape index (κ1) is 20.8. The Morgan fingerprint density at radius 3 is 2.45 bits per heavy atom. The van der Waals surface area contributed by atoms with Gasteiger partial charge in [0, 0.05) is 11.1 Å². The standard InChI is InChI=1S/C25H22FNO4/c1-17-6-2-5-9-23(17)31-15-14-27-21-8-4-3-7-20(21)25(30,24(27)29)16-22(28)18-10-12-19(26)13-11-18/h2-13,30H,14-16H2,1H3/t25-/m0/s1. The molecule has 4 rings (SSSR count). The summed E-state index contributed by atoms with van der Waals surface area (Å²) in [6.45, 7) is 2.38. The number of ketones is 1. The number of halogens is 1. The number of hydrogen-bond acceptors (Lipinski definition) is 4. The van der Waals surface area contributed by atoms with Crippen LogP contribution in [0, 0.1) is 12.7 Å². The van der Waals surface area contributed by atoms with Crippen LogP contribution in [0.1, 0.15) is 27.9 Å². The number of carbonyl (C=O) groups excluding carboxylic acids is 2. The van der Waals surface area contributed by atoms with E-state index in [9.17, 15) is 19.1 Å². The summed E-state index contributed by atoms with van der Waals surface area (Å²) >= 11 is 0. The number of fused-ring (bicyclic) bond motifs is 1. The summed E-state index contributed by atoms with van der Waals surface area (Å²) in [5.41, 5.74) is 0.171. The van der Waals surface area contributed by atoms with Gasteiger partial charge in [-0.25, -0.2) is 4.39 Å². The molecule has 158 valence electrons. The van der Waals surface area contributed by atoms with Crippen molar-refractivity contribution in [3.63, 3.8) is 0 Å².